The third kappa shape index (κ3) is 2.74. The van der Waals surface area contributed by atoms with Gasteiger partial charge in [0.1, 0.15) is 0 Å². The quantitative estimate of drug-likeness (QED) is 0.813. The Morgan fingerprint density at radius 1 is 1.06 bits per heavy atom. The van der Waals surface area contributed by atoms with Gasteiger partial charge in [0.2, 0.25) is 0 Å². The molecule has 0 aromatic heterocycles. The summed E-state index contributed by atoms with van der Waals surface area (Å²) < 4.78 is 0. The Labute approximate surface area is 104 Å². The zero-order valence-corrected chi connectivity index (χ0v) is 11.1. The minimum atomic E-state index is 0.803. The van der Waals surface area contributed by atoms with Crippen LogP contribution in [0.1, 0.15) is 39.0 Å². The zero-order chi connectivity index (χ0) is 11.0. The van der Waals surface area contributed by atoms with E-state index in [4.69, 9.17) is 0 Å². The Morgan fingerprint density at radius 2 is 1.81 bits per heavy atom. The van der Waals surface area contributed by atoms with Crippen LogP contribution < -0.4 is 5.32 Å². The summed E-state index contributed by atoms with van der Waals surface area (Å²) in [6.45, 7) is 5.05. The number of hydrogen-bond acceptors (Lipinski definition) is 3. The van der Waals surface area contributed by atoms with Gasteiger partial charge >= 0.3 is 0 Å². The van der Waals surface area contributed by atoms with Gasteiger partial charge in [-0.25, -0.2) is 0 Å². The van der Waals surface area contributed by atoms with Crippen molar-refractivity contribution in [3.63, 3.8) is 0 Å². The second-order valence-corrected chi connectivity index (χ2v) is 7.26. The first-order chi connectivity index (χ1) is 7.81. The van der Waals surface area contributed by atoms with Crippen LogP contribution >= 0.6 is 11.8 Å². The summed E-state index contributed by atoms with van der Waals surface area (Å²) in [4.78, 5) is 2.71. The van der Waals surface area contributed by atoms with Gasteiger partial charge < -0.3 is 10.2 Å². The van der Waals surface area contributed by atoms with E-state index in [-0.39, 0.29) is 0 Å². The fourth-order valence-electron chi connectivity index (χ4n) is 3.14. The van der Waals surface area contributed by atoms with Crippen LogP contribution in [0.25, 0.3) is 0 Å². The van der Waals surface area contributed by atoms with Crippen LogP contribution in [0.3, 0.4) is 0 Å². The fourth-order valence-corrected chi connectivity index (χ4v) is 4.30. The summed E-state index contributed by atoms with van der Waals surface area (Å²) in [7, 11) is 0. The first-order valence-corrected chi connectivity index (χ1v) is 7.98. The molecule has 2 atom stereocenters. The molecule has 0 aromatic rings. The number of nitrogens with zero attached hydrogens (tertiary/aromatic N) is 1. The predicted octanol–water partition coefficient (Wildman–Crippen LogP) is 2.10. The summed E-state index contributed by atoms with van der Waals surface area (Å²) in [5.41, 5.74) is 0. The van der Waals surface area contributed by atoms with E-state index in [9.17, 15) is 0 Å². The summed E-state index contributed by atoms with van der Waals surface area (Å²) >= 11 is 2.14. The van der Waals surface area contributed by atoms with E-state index in [0.717, 1.165) is 23.4 Å². The standard InChI is InChI=1S/C13H24N2S/c1-10-8-12(9-16-10)14-11-4-6-15(7-5-11)13-2-3-13/h10-14H,2-9H2,1H3. The molecule has 1 N–H and O–H groups in total. The third-order valence-corrected chi connectivity index (χ3v) is 5.62. The molecule has 0 radical (unpaired) electrons. The molecule has 2 nitrogen and oxygen atoms in total. The van der Waals surface area contributed by atoms with Crippen LogP contribution in [0, 0.1) is 0 Å². The number of nitrogens with one attached hydrogen (secondary N) is 1. The van der Waals surface area contributed by atoms with Gasteiger partial charge in [0.15, 0.2) is 0 Å². The molecule has 3 aliphatic rings. The van der Waals surface area contributed by atoms with Crippen molar-refractivity contribution in [1.29, 1.82) is 0 Å². The highest BCUT2D eigenvalue weighted by atomic mass is 32.2. The molecule has 1 saturated carbocycles. The summed E-state index contributed by atoms with van der Waals surface area (Å²) in [6.07, 6.45) is 7.08. The second kappa shape index (κ2) is 4.87. The molecule has 1 aliphatic carbocycles. The highest BCUT2D eigenvalue weighted by molar-refractivity contribution is 8.00. The van der Waals surface area contributed by atoms with Crippen molar-refractivity contribution in [2.45, 2.75) is 62.4 Å². The van der Waals surface area contributed by atoms with Crippen molar-refractivity contribution in [3.05, 3.63) is 0 Å². The molecular formula is C13H24N2S. The van der Waals surface area contributed by atoms with Gasteiger partial charge in [-0.3, -0.25) is 0 Å². The van der Waals surface area contributed by atoms with Gasteiger partial charge in [0, 0.05) is 29.1 Å². The number of piperidine rings is 1. The Balaban J connectivity index is 1.40. The average molecular weight is 240 g/mol. The lowest BCUT2D eigenvalue weighted by molar-refractivity contribution is 0.184. The smallest absolute Gasteiger partial charge is 0.0171 e. The maximum atomic E-state index is 3.88. The van der Waals surface area contributed by atoms with Crippen LogP contribution in [0.5, 0.6) is 0 Å². The van der Waals surface area contributed by atoms with Crippen molar-refractivity contribution >= 4 is 11.8 Å². The molecule has 0 amide bonds. The van der Waals surface area contributed by atoms with Crippen molar-refractivity contribution in [3.8, 4) is 0 Å². The largest absolute Gasteiger partial charge is 0.310 e. The molecule has 0 spiro atoms. The SMILES string of the molecule is CC1CC(NC2CCN(C3CC3)CC2)CS1. The predicted molar refractivity (Wildman–Crippen MR) is 71.1 cm³/mol. The molecule has 3 fully saturated rings. The molecule has 2 unspecified atom stereocenters. The first kappa shape index (κ1) is 11.4. The highest BCUT2D eigenvalue weighted by Gasteiger charge is 2.32. The molecule has 2 saturated heterocycles. The van der Waals surface area contributed by atoms with Gasteiger partial charge in [-0.1, -0.05) is 6.92 Å². The summed E-state index contributed by atoms with van der Waals surface area (Å²) in [5, 5.41) is 4.76. The first-order valence-electron chi connectivity index (χ1n) is 6.93. The normalized spacial score (nSPS) is 38.1. The molecule has 3 heteroatoms. The molecule has 3 rings (SSSR count). The molecule has 2 heterocycles. The van der Waals surface area contributed by atoms with E-state index in [2.05, 4.69) is 28.9 Å². The van der Waals surface area contributed by atoms with Crippen molar-refractivity contribution < 1.29 is 0 Å². The third-order valence-electron chi connectivity index (χ3n) is 4.26. The second-order valence-electron chi connectivity index (χ2n) is 5.78. The molecular weight excluding hydrogens is 216 g/mol. The minimum absolute atomic E-state index is 0.803. The van der Waals surface area contributed by atoms with E-state index in [1.165, 1.54) is 50.9 Å². The van der Waals surface area contributed by atoms with Gasteiger partial charge in [-0.15, -0.1) is 0 Å². The molecule has 0 aromatic carbocycles. The van der Waals surface area contributed by atoms with Crippen LogP contribution in [-0.4, -0.2) is 47.1 Å². The number of likely N-dealkylation sites (tertiary alicyclic amines) is 1. The maximum Gasteiger partial charge on any atom is 0.0171 e. The van der Waals surface area contributed by atoms with Gasteiger partial charge in [-0.05, 0) is 45.2 Å². The number of hydrogen-bond donors (Lipinski definition) is 1. The minimum Gasteiger partial charge on any atom is -0.310 e. The van der Waals surface area contributed by atoms with Crippen molar-refractivity contribution in [2.24, 2.45) is 0 Å². The van der Waals surface area contributed by atoms with Crippen LogP contribution in [0.4, 0.5) is 0 Å². The van der Waals surface area contributed by atoms with Gasteiger partial charge in [0.25, 0.3) is 0 Å². The molecule has 0 bridgehead atoms. The van der Waals surface area contributed by atoms with Crippen LogP contribution in [0.15, 0.2) is 0 Å². The lowest BCUT2D eigenvalue weighted by Gasteiger charge is -2.33. The maximum absolute atomic E-state index is 3.88. The molecule has 2 aliphatic heterocycles. The highest BCUT2D eigenvalue weighted by Crippen LogP contribution is 2.30. The zero-order valence-electron chi connectivity index (χ0n) is 10.3. The monoisotopic (exact) mass is 240 g/mol. The van der Waals surface area contributed by atoms with Gasteiger partial charge in [0.05, 0.1) is 0 Å². The Morgan fingerprint density at radius 3 is 2.38 bits per heavy atom. The van der Waals surface area contributed by atoms with E-state index in [1.54, 1.807) is 0 Å². The van der Waals surface area contributed by atoms with E-state index >= 15 is 0 Å². The van der Waals surface area contributed by atoms with E-state index in [0.29, 0.717) is 0 Å². The van der Waals surface area contributed by atoms with Crippen molar-refractivity contribution in [1.82, 2.24) is 10.2 Å². The molecule has 92 valence electrons. The topological polar surface area (TPSA) is 15.3 Å². The Hall–Kier alpha value is 0.270. The molecule has 16 heavy (non-hydrogen) atoms. The Kier molecular flexibility index (Phi) is 3.46. The van der Waals surface area contributed by atoms with Crippen molar-refractivity contribution in [2.75, 3.05) is 18.8 Å². The van der Waals surface area contributed by atoms with Crippen LogP contribution in [-0.2, 0) is 0 Å². The number of thioether (sulfide) groups is 1. The lowest BCUT2D eigenvalue weighted by Crippen LogP contribution is -2.46. The Bertz CT molecular complexity index is 234. The lowest BCUT2D eigenvalue weighted by atomic mass is 10.0. The number of rotatable bonds is 3. The van der Waals surface area contributed by atoms with Gasteiger partial charge in [-0.2, -0.15) is 11.8 Å². The summed E-state index contributed by atoms with van der Waals surface area (Å²) in [6, 6.07) is 2.59. The van der Waals surface area contributed by atoms with Crippen LogP contribution in [0.2, 0.25) is 0 Å². The van der Waals surface area contributed by atoms with E-state index in [1.807, 2.05) is 0 Å². The van der Waals surface area contributed by atoms with E-state index < -0.39 is 0 Å². The average Bonchev–Trinajstić information content (AvgIpc) is 3.05. The summed E-state index contributed by atoms with van der Waals surface area (Å²) in [5.74, 6) is 1.34. The fraction of sp³-hybridized carbons (Fsp3) is 1.00.